The largest absolute Gasteiger partial charge is 0.322 e. The van der Waals surface area contributed by atoms with E-state index < -0.39 is 5.82 Å². The number of carbonyl (C=O) groups is 1. The number of hydrogen-bond donors (Lipinski definition) is 2. The molecule has 0 radical (unpaired) electrons. The molecule has 2 aromatic rings. The summed E-state index contributed by atoms with van der Waals surface area (Å²) in [4.78, 5) is 12.2. The van der Waals surface area contributed by atoms with Crippen LogP contribution in [0.3, 0.4) is 0 Å². The molecular weight excluding hydrogens is 323 g/mol. The highest BCUT2D eigenvalue weighted by molar-refractivity contribution is 9.10. The number of para-hydroxylation sites is 1. The second kappa shape index (κ2) is 6.63. The number of carbonyl (C=O) groups excluding carboxylic acids is 1. The van der Waals surface area contributed by atoms with Crippen LogP contribution in [0.15, 0.2) is 46.9 Å². The van der Waals surface area contributed by atoms with Gasteiger partial charge in [0.25, 0.3) is 5.91 Å². The summed E-state index contributed by atoms with van der Waals surface area (Å²) in [5, 5.41) is 5.84. The zero-order chi connectivity index (χ0) is 14.5. The Balaban J connectivity index is 2.26. The first-order chi connectivity index (χ1) is 9.61. The molecule has 0 aliphatic carbocycles. The molecule has 1 amide bonds. The summed E-state index contributed by atoms with van der Waals surface area (Å²) in [5.74, 6) is -0.790. The summed E-state index contributed by atoms with van der Waals surface area (Å²) in [5.41, 5.74) is 1.95. The van der Waals surface area contributed by atoms with Crippen LogP contribution >= 0.6 is 15.9 Å². The number of rotatable bonds is 4. The lowest BCUT2D eigenvalue weighted by atomic mass is 10.1. The van der Waals surface area contributed by atoms with Crippen molar-refractivity contribution >= 4 is 27.5 Å². The molecule has 0 bridgehead atoms. The molecular formula is C15H14BrFN2O. The molecule has 104 valence electrons. The van der Waals surface area contributed by atoms with Crippen molar-refractivity contribution in [2.45, 2.75) is 6.54 Å². The fourth-order valence-electron chi connectivity index (χ4n) is 1.85. The average molecular weight is 337 g/mol. The molecule has 0 saturated heterocycles. The summed E-state index contributed by atoms with van der Waals surface area (Å²) >= 11 is 3.25. The second-order valence-corrected chi connectivity index (χ2v) is 5.12. The highest BCUT2D eigenvalue weighted by atomic mass is 79.9. The van der Waals surface area contributed by atoms with Crippen molar-refractivity contribution in [2.75, 3.05) is 12.4 Å². The van der Waals surface area contributed by atoms with Gasteiger partial charge in [-0.2, -0.15) is 0 Å². The molecule has 2 N–H and O–H groups in total. The molecule has 0 aliphatic rings. The second-order valence-electron chi connectivity index (χ2n) is 4.27. The maximum atomic E-state index is 13.2. The quantitative estimate of drug-likeness (QED) is 0.896. The summed E-state index contributed by atoms with van der Waals surface area (Å²) in [6, 6.07) is 11.5. The molecule has 2 aromatic carbocycles. The van der Waals surface area contributed by atoms with Gasteiger partial charge in [-0.15, -0.1) is 0 Å². The Hall–Kier alpha value is -1.72. The summed E-state index contributed by atoms with van der Waals surface area (Å²) < 4.78 is 13.8. The van der Waals surface area contributed by atoms with Crippen molar-refractivity contribution in [3.05, 3.63) is 63.9 Å². The van der Waals surface area contributed by atoms with Gasteiger partial charge in [0, 0.05) is 16.7 Å². The first kappa shape index (κ1) is 14.7. The highest BCUT2D eigenvalue weighted by Crippen LogP contribution is 2.21. The molecule has 0 aromatic heterocycles. The SMILES string of the molecule is CNCc1ccccc1NC(=O)c1cc(F)ccc1Br. The van der Waals surface area contributed by atoms with Gasteiger partial charge in [0.05, 0.1) is 5.56 Å². The van der Waals surface area contributed by atoms with E-state index in [1.807, 2.05) is 31.3 Å². The lowest BCUT2D eigenvalue weighted by Crippen LogP contribution is -2.16. The van der Waals surface area contributed by atoms with E-state index in [9.17, 15) is 9.18 Å². The Kier molecular flexibility index (Phi) is 4.87. The molecule has 0 heterocycles. The molecule has 0 unspecified atom stereocenters. The molecule has 5 heteroatoms. The van der Waals surface area contributed by atoms with E-state index in [2.05, 4.69) is 26.6 Å². The van der Waals surface area contributed by atoms with Gasteiger partial charge < -0.3 is 10.6 Å². The molecule has 0 fully saturated rings. The van der Waals surface area contributed by atoms with Gasteiger partial charge in [-0.25, -0.2) is 4.39 Å². The molecule has 0 aliphatic heterocycles. The Morgan fingerprint density at radius 2 is 2.00 bits per heavy atom. The minimum Gasteiger partial charge on any atom is -0.322 e. The minimum absolute atomic E-state index is 0.268. The molecule has 3 nitrogen and oxygen atoms in total. The lowest BCUT2D eigenvalue weighted by Gasteiger charge is -2.11. The van der Waals surface area contributed by atoms with Gasteiger partial charge in [0.2, 0.25) is 0 Å². The fraction of sp³-hybridized carbons (Fsp3) is 0.133. The molecule has 0 atom stereocenters. The third-order valence-corrected chi connectivity index (χ3v) is 3.50. The predicted molar refractivity (Wildman–Crippen MR) is 81.3 cm³/mol. The molecule has 0 saturated carbocycles. The van der Waals surface area contributed by atoms with Crippen LogP contribution in [0.2, 0.25) is 0 Å². The van der Waals surface area contributed by atoms with Crippen LogP contribution in [0.1, 0.15) is 15.9 Å². The maximum absolute atomic E-state index is 13.2. The smallest absolute Gasteiger partial charge is 0.256 e. The molecule has 0 spiro atoms. The Labute approximate surface area is 125 Å². The van der Waals surface area contributed by atoms with Crippen molar-refractivity contribution in [3.63, 3.8) is 0 Å². The van der Waals surface area contributed by atoms with Crippen molar-refractivity contribution < 1.29 is 9.18 Å². The van der Waals surface area contributed by atoms with Crippen molar-refractivity contribution in [1.29, 1.82) is 0 Å². The van der Waals surface area contributed by atoms with E-state index in [1.165, 1.54) is 18.2 Å². The first-order valence-corrected chi connectivity index (χ1v) is 6.90. The zero-order valence-electron chi connectivity index (χ0n) is 10.9. The standard InChI is InChI=1S/C15H14BrFN2O/c1-18-9-10-4-2-3-5-14(10)19-15(20)12-8-11(17)6-7-13(12)16/h2-8,18H,9H2,1H3,(H,19,20). The zero-order valence-corrected chi connectivity index (χ0v) is 12.5. The van der Waals surface area contributed by atoms with Gasteiger partial charge in [-0.05, 0) is 52.8 Å². The highest BCUT2D eigenvalue weighted by Gasteiger charge is 2.12. The molecule has 20 heavy (non-hydrogen) atoms. The third kappa shape index (κ3) is 3.43. The Morgan fingerprint density at radius 3 is 2.75 bits per heavy atom. The van der Waals surface area contributed by atoms with Gasteiger partial charge in [-0.1, -0.05) is 18.2 Å². The topological polar surface area (TPSA) is 41.1 Å². The van der Waals surface area contributed by atoms with E-state index in [1.54, 1.807) is 0 Å². The van der Waals surface area contributed by atoms with E-state index in [0.717, 1.165) is 5.56 Å². The average Bonchev–Trinajstić information content (AvgIpc) is 2.44. The third-order valence-electron chi connectivity index (χ3n) is 2.81. The minimum atomic E-state index is -0.443. The van der Waals surface area contributed by atoms with Crippen molar-refractivity contribution in [2.24, 2.45) is 0 Å². The number of amides is 1. The summed E-state index contributed by atoms with van der Waals surface area (Å²) in [6.45, 7) is 0.640. The summed E-state index contributed by atoms with van der Waals surface area (Å²) in [7, 11) is 1.84. The lowest BCUT2D eigenvalue weighted by molar-refractivity contribution is 0.102. The summed E-state index contributed by atoms with van der Waals surface area (Å²) in [6.07, 6.45) is 0. The van der Waals surface area contributed by atoms with Crippen LogP contribution in [0.4, 0.5) is 10.1 Å². The van der Waals surface area contributed by atoms with Crippen molar-refractivity contribution in [1.82, 2.24) is 5.32 Å². The number of benzene rings is 2. The van der Waals surface area contributed by atoms with E-state index >= 15 is 0 Å². The van der Waals surface area contributed by atoms with Crippen LogP contribution in [0.5, 0.6) is 0 Å². The predicted octanol–water partition coefficient (Wildman–Crippen LogP) is 3.56. The maximum Gasteiger partial charge on any atom is 0.256 e. The van der Waals surface area contributed by atoms with Crippen LogP contribution < -0.4 is 10.6 Å². The Bertz CT molecular complexity index is 631. The number of anilines is 1. The van der Waals surface area contributed by atoms with Crippen LogP contribution in [0.25, 0.3) is 0 Å². The van der Waals surface area contributed by atoms with E-state index in [-0.39, 0.29) is 11.5 Å². The number of hydrogen-bond acceptors (Lipinski definition) is 2. The van der Waals surface area contributed by atoms with Crippen molar-refractivity contribution in [3.8, 4) is 0 Å². The van der Waals surface area contributed by atoms with Gasteiger partial charge in [0.15, 0.2) is 0 Å². The van der Waals surface area contributed by atoms with Gasteiger partial charge in [-0.3, -0.25) is 4.79 Å². The number of nitrogens with one attached hydrogen (secondary N) is 2. The number of halogens is 2. The van der Waals surface area contributed by atoms with Crippen LogP contribution in [-0.2, 0) is 6.54 Å². The van der Waals surface area contributed by atoms with Gasteiger partial charge in [0.1, 0.15) is 5.82 Å². The Morgan fingerprint density at radius 1 is 1.25 bits per heavy atom. The normalized spacial score (nSPS) is 10.3. The fourth-order valence-corrected chi connectivity index (χ4v) is 2.27. The van der Waals surface area contributed by atoms with E-state index in [0.29, 0.717) is 16.7 Å². The molecule has 2 rings (SSSR count). The van der Waals surface area contributed by atoms with Crippen LogP contribution in [-0.4, -0.2) is 13.0 Å². The van der Waals surface area contributed by atoms with Gasteiger partial charge >= 0.3 is 0 Å². The monoisotopic (exact) mass is 336 g/mol. The van der Waals surface area contributed by atoms with E-state index in [4.69, 9.17) is 0 Å². The van der Waals surface area contributed by atoms with Crippen LogP contribution in [0, 0.1) is 5.82 Å². The first-order valence-electron chi connectivity index (χ1n) is 6.10.